The number of aromatic nitrogens is 1. The van der Waals surface area contributed by atoms with E-state index in [1.54, 1.807) is 31.1 Å². The van der Waals surface area contributed by atoms with E-state index in [4.69, 9.17) is 0 Å². The minimum absolute atomic E-state index is 0.0954. The molecule has 1 saturated carbocycles. The van der Waals surface area contributed by atoms with Crippen molar-refractivity contribution in [3.63, 3.8) is 0 Å². The minimum Gasteiger partial charge on any atom is -0.310 e. The molecule has 1 atom stereocenters. The number of rotatable bonds is 6. The number of pyridine rings is 1. The topological polar surface area (TPSA) is 62.3 Å². The van der Waals surface area contributed by atoms with Crippen LogP contribution in [0.4, 0.5) is 0 Å². The summed E-state index contributed by atoms with van der Waals surface area (Å²) in [5.74, 6) is 1.91. The van der Waals surface area contributed by atoms with Crippen molar-refractivity contribution in [3.05, 3.63) is 23.9 Å². The highest BCUT2D eigenvalue weighted by atomic mass is 32.2. The van der Waals surface area contributed by atoms with Crippen LogP contribution in [0.5, 0.6) is 0 Å². The zero-order chi connectivity index (χ0) is 14.9. The lowest BCUT2D eigenvalue weighted by atomic mass is 10.3. The summed E-state index contributed by atoms with van der Waals surface area (Å²) in [4.78, 5) is 4.16. The van der Waals surface area contributed by atoms with Gasteiger partial charge in [-0.2, -0.15) is 16.1 Å². The van der Waals surface area contributed by atoms with Crippen LogP contribution in [0.25, 0.3) is 0 Å². The van der Waals surface area contributed by atoms with Crippen LogP contribution >= 0.6 is 11.8 Å². The maximum absolute atomic E-state index is 12.5. The Morgan fingerprint density at radius 1 is 1.38 bits per heavy atom. The van der Waals surface area contributed by atoms with Crippen LogP contribution in [-0.2, 0) is 16.6 Å². The summed E-state index contributed by atoms with van der Waals surface area (Å²) in [6.07, 6.45) is 5.07. The van der Waals surface area contributed by atoms with Gasteiger partial charge in [-0.15, -0.1) is 0 Å². The Hall–Kier alpha value is -0.630. The smallest absolute Gasteiger partial charge is 0.260 e. The quantitative estimate of drug-likeness (QED) is 0.857. The van der Waals surface area contributed by atoms with Gasteiger partial charge in [-0.3, -0.25) is 0 Å². The molecule has 0 radical (unpaired) electrons. The van der Waals surface area contributed by atoms with Crippen molar-refractivity contribution < 1.29 is 8.42 Å². The third kappa shape index (κ3) is 3.59. The van der Waals surface area contributed by atoms with Crippen LogP contribution in [0.2, 0.25) is 0 Å². The number of hydrogen-bond acceptors (Lipinski definition) is 5. The zero-order valence-corrected chi connectivity index (χ0v) is 13.8. The van der Waals surface area contributed by atoms with Crippen LogP contribution in [0.3, 0.4) is 0 Å². The molecule has 3 rings (SSSR count). The van der Waals surface area contributed by atoms with E-state index in [1.165, 1.54) is 17.1 Å². The molecule has 5 nitrogen and oxygen atoms in total. The van der Waals surface area contributed by atoms with E-state index in [0.29, 0.717) is 6.04 Å². The highest BCUT2D eigenvalue weighted by Gasteiger charge is 2.31. The predicted octanol–water partition coefficient (Wildman–Crippen LogP) is 1.46. The Balaban J connectivity index is 1.68. The van der Waals surface area contributed by atoms with Gasteiger partial charge >= 0.3 is 0 Å². The SMILES string of the molecule is CN(C1CCSC1)S(=O)(=O)c1ccc(CNC2CC2)cn1. The summed E-state index contributed by atoms with van der Waals surface area (Å²) >= 11 is 1.80. The first-order valence-corrected chi connectivity index (χ1v) is 9.91. The molecule has 0 bridgehead atoms. The molecule has 2 heterocycles. The third-order valence-electron chi connectivity index (χ3n) is 4.03. The lowest BCUT2D eigenvalue weighted by Gasteiger charge is -2.22. The van der Waals surface area contributed by atoms with Crippen LogP contribution in [0, 0.1) is 0 Å². The normalized spacial score (nSPS) is 22.9. The minimum atomic E-state index is -3.47. The van der Waals surface area contributed by atoms with Crippen LogP contribution < -0.4 is 5.32 Å². The van der Waals surface area contributed by atoms with Gasteiger partial charge in [-0.1, -0.05) is 6.07 Å². The second-order valence-corrected chi connectivity index (χ2v) is 8.79. The maximum atomic E-state index is 12.5. The number of sulfonamides is 1. The van der Waals surface area contributed by atoms with E-state index in [0.717, 1.165) is 30.0 Å². The Morgan fingerprint density at radius 2 is 2.19 bits per heavy atom. The summed E-state index contributed by atoms with van der Waals surface area (Å²) < 4.78 is 26.6. The molecule has 1 aromatic rings. The van der Waals surface area contributed by atoms with Crippen molar-refractivity contribution >= 4 is 21.8 Å². The molecule has 7 heteroatoms. The van der Waals surface area contributed by atoms with Crippen molar-refractivity contribution in [2.75, 3.05) is 18.6 Å². The molecule has 1 aliphatic heterocycles. The molecule has 1 unspecified atom stereocenters. The number of nitrogens with one attached hydrogen (secondary N) is 1. The van der Waals surface area contributed by atoms with E-state index in [1.807, 2.05) is 6.07 Å². The van der Waals surface area contributed by atoms with Gasteiger partial charge in [0.2, 0.25) is 0 Å². The monoisotopic (exact) mass is 327 g/mol. The maximum Gasteiger partial charge on any atom is 0.260 e. The number of hydrogen-bond donors (Lipinski definition) is 1. The molecular weight excluding hydrogens is 306 g/mol. The molecule has 1 N–H and O–H groups in total. The van der Waals surface area contributed by atoms with E-state index in [9.17, 15) is 8.42 Å². The number of thioether (sulfide) groups is 1. The fourth-order valence-electron chi connectivity index (χ4n) is 2.37. The molecule has 21 heavy (non-hydrogen) atoms. The third-order valence-corrected chi connectivity index (χ3v) is 7.00. The van der Waals surface area contributed by atoms with Crippen LogP contribution in [0.1, 0.15) is 24.8 Å². The summed E-state index contributed by atoms with van der Waals surface area (Å²) in [6, 6.07) is 4.21. The van der Waals surface area contributed by atoms with Gasteiger partial charge in [0.05, 0.1) is 0 Å². The fraction of sp³-hybridized carbons (Fsp3) is 0.643. The second-order valence-electron chi connectivity index (χ2n) is 5.70. The summed E-state index contributed by atoms with van der Waals surface area (Å²) in [5, 5.41) is 3.55. The Labute approximate surface area is 130 Å². The van der Waals surface area contributed by atoms with Gasteiger partial charge in [-0.05, 0) is 36.6 Å². The van der Waals surface area contributed by atoms with Crippen molar-refractivity contribution in [1.29, 1.82) is 0 Å². The molecule has 0 spiro atoms. The Bertz CT molecular complexity index is 579. The van der Waals surface area contributed by atoms with Crippen LogP contribution in [0.15, 0.2) is 23.4 Å². The van der Waals surface area contributed by atoms with Gasteiger partial charge in [0, 0.05) is 37.6 Å². The fourth-order valence-corrected chi connectivity index (χ4v) is 5.03. The average molecular weight is 327 g/mol. The van der Waals surface area contributed by atoms with Crippen molar-refractivity contribution in [2.24, 2.45) is 0 Å². The second kappa shape index (κ2) is 6.24. The van der Waals surface area contributed by atoms with Gasteiger partial charge in [-0.25, -0.2) is 13.4 Å². The molecule has 1 saturated heterocycles. The lowest BCUT2D eigenvalue weighted by molar-refractivity contribution is 0.393. The molecule has 0 amide bonds. The van der Waals surface area contributed by atoms with E-state index in [2.05, 4.69) is 10.3 Å². The van der Waals surface area contributed by atoms with Gasteiger partial charge in [0.25, 0.3) is 10.0 Å². The summed E-state index contributed by atoms with van der Waals surface area (Å²) in [7, 11) is -1.81. The van der Waals surface area contributed by atoms with Crippen LogP contribution in [-0.4, -0.2) is 48.3 Å². The van der Waals surface area contributed by atoms with E-state index >= 15 is 0 Å². The number of nitrogens with zero attached hydrogens (tertiary/aromatic N) is 2. The van der Waals surface area contributed by atoms with Crippen molar-refractivity contribution in [3.8, 4) is 0 Å². The molecule has 1 aliphatic carbocycles. The standard InChI is InChI=1S/C14H21N3O2S2/c1-17(13-6-7-20-10-13)21(18,19)14-5-2-11(9-16-14)8-15-12-3-4-12/h2,5,9,12-13,15H,3-4,6-8,10H2,1H3. The van der Waals surface area contributed by atoms with E-state index in [-0.39, 0.29) is 11.1 Å². The summed E-state index contributed by atoms with van der Waals surface area (Å²) in [5.41, 5.74) is 1.03. The summed E-state index contributed by atoms with van der Waals surface area (Å²) in [6.45, 7) is 0.757. The van der Waals surface area contributed by atoms with Crippen molar-refractivity contribution in [1.82, 2.24) is 14.6 Å². The first-order valence-electron chi connectivity index (χ1n) is 7.31. The molecule has 116 valence electrons. The average Bonchev–Trinajstić information content (AvgIpc) is 3.16. The van der Waals surface area contributed by atoms with Gasteiger partial charge < -0.3 is 5.32 Å². The largest absolute Gasteiger partial charge is 0.310 e. The Kier molecular flexibility index (Phi) is 4.54. The zero-order valence-electron chi connectivity index (χ0n) is 12.2. The molecular formula is C14H21N3O2S2. The van der Waals surface area contributed by atoms with Gasteiger partial charge in [0.1, 0.15) is 0 Å². The predicted molar refractivity (Wildman–Crippen MR) is 84.8 cm³/mol. The van der Waals surface area contributed by atoms with Crippen molar-refractivity contribution in [2.45, 2.75) is 42.9 Å². The molecule has 1 aromatic heterocycles. The Morgan fingerprint density at radius 3 is 2.76 bits per heavy atom. The first-order chi connectivity index (χ1) is 10.1. The highest BCUT2D eigenvalue weighted by Crippen LogP contribution is 2.25. The molecule has 0 aromatic carbocycles. The van der Waals surface area contributed by atoms with E-state index < -0.39 is 10.0 Å². The van der Waals surface area contributed by atoms with Gasteiger partial charge in [0.15, 0.2) is 5.03 Å². The molecule has 2 aliphatic rings. The first kappa shape index (κ1) is 15.3. The highest BCUT2D eigenvalue weighted by molar-refractivity contribution is 7.99. The molecule has 2 fully saturated rings. The lowest BCUT2D eigenvalue weighted by Crippen LogP contribution is -2.37.